The molecule has 2 amide bonds. The second kappa shape index (κ2) is 4.53. The van der Waals surface area contributed by atoms with Crippen LogP contribution in [0.4, 0.5) is 10.5 Å². The van der Waals surface area contributed by atoms with E-state index in [9.17, 15) is 4.79 Å². The van der Waals surface area contributed by atoms with Crippen LogP contribution in [-0.2, 0) is 6.54 Å². The molecule has 16 heavy (non-hydrogen) atoms. The Labute approximate surface area is 95.4 Å². The quantitative estimate of drug-likeness (QED) is 0.814. The number of rotatable bonds is 3. The molecular weight excluding hydrogens is 202 g/mol. The van der Waals surface area contributed by atoms with Crippen LogP contribution in [-0.4, -0.2) is 24.0 Å². The Morgan fingerprint density at radius 3 is 2.56 bits per heavy atom. The Balaban J connectivity index is 1.94. The molecule has 1 aromatic carbocycles. The highest BCUT2D eigenvalue weighted by Gasteiger charge is 2.29. The average molecular weight is 219 g/mol. The standard InChI is InChI=1S/C12H17N3O/c1-15(11-6-7-11)12(16)14-10-4-2-9(8-13)3-5-10/h2-5,11H,6-8,13H2,1H3,(H,14,16). The van der Waals surface area contributed by atoms with E-state index in [1.807, 2.05) is 31.3 Å². The van der Waals surface area contributed by atoms with E-state index < -0.39 is 0 Å². The van der Waals surface area contributed by atoms with Gasteiger partial charge in [0.25, 0.3) is 0 Å². The molecule has 0 unspecified atom stereocenters. The zero-order valence-corrected chi connectivity index (χ0v) is 9.44. The summed E-state index contributed by atoms with van der Waals surface area (Å²) in [6.07, 6.45) is 2.24. The summed E-state index contributed by atoms with van der Waals surface area (Å²) in [5.74, 6) is 0. The van der Waals surface area contributed by atoms with Crippen LogP contribution in [0.1, 0.15) is 18.4 Å². The lowest BCUT2D eigenvalue weighted by atomic mass is 10.2. The lowest BCUT2D eigenvalue weighted by molar-refractivity contribution is 0.220. The number of nitrogens with one attached hydrogen (secondary N) is 1. The number of benzene rings is 1. The summed E-state index contributed by atoms with van der Waals surface area (Å²) in [5, 5.41) is 2.86. The maximum Gasteiger partial charge on any atom is 0.321 e. The Bertz CT molecular complexity index is 370. The van der Waals surface area contributed by atoms with Crippen LogP contribution in [0.25, 0.3) is 0 Å². The third-order valence-electron chi connectivity index (χ3n) is 2.86. The van der Waals surface area contributed by atoms with Gasteiger partial charge in [0, 0.05) is 25.3 Å². The van der Waals surface area contributed by atoms with Gasteiger partial charge in [0.05, 0.1) is 0 Å². The molecule has 86 valence electrons. The van der Waals surface area contributed by atoms with Crippen molar-refractivity contribution in [1.82, 2.24) is 4.90 Å². The van der Waals surface area contributed by atoms with Crippen LogP contribution < -0.4 is 11.1 Å². The van der Waals surface area contributed by atoms with Crippen molar-refractivity contribution in [2.45, 2.75) is 25.4 Å². The van der Waals surface area contributed by atoms with E-state index in [0.717, 1.165) is 24.1 Å². The molecule has 1 saturated carbocycles. The van der Waals surface area contributed by atoms with E-state index in [4.69, 9.17) is 5.73 Å². The van der Waals surface area contributed by atoms with Crippen LogP contribution in [0.2, 0.25) is 0 Å². The summed E-state index contributed by atoms with van der Waals surface area (Å²) in [4.78, 5) is 13.5. The lowest BCUT2D eigenvalue weighted by Gasteiger charge is -2.17. The smallest absolute Gasteiger partial charge is 0.321 e. The predicted molar refractivity (Wildman–Crippen MR) is 64.1 cm³/mol. The predicted octanol–water partition coefficient (Wildman–Crippen LogP) is 1.77. The topological polar surface area (TPSA) is 58.4 Å². The molecule has 1 aromatic rings. The van der Waals surface area contributed by atoms with Crippen LogP contribution >= 0.6 is 0 Å². The molecule has 0 radical (unpaired) electrons. The molecule has 0 saturated heterocycles. The van der Waals surface area contributed by atoms with Crippen LogP contribution in [0, 0.1) is 0 Å². The maximum absolute atomic E-state index is 11.7. The average Bonchev–Trinajstić information content (AvgIpc) is 3.13. The first-order valence-corrected chi connectivity index (χ1v) is 5.53. The Hall–Kier alpha value is -1.55. The molecule has 4 nitrogen and oxygen atoms in total. The third kappa shape index (κ3) is 2.52. The van der Waals surface area contributed by atoms with Gasteiger partial charge < -0.3 is 16.0 Å². The first-order valence-electron chi connectivity index (χ1n) is 5.53. The van der Waals surface area contributed by atoms with Crippen LogP contribution in [0.5, 0.6) is 0 Å². The number of hydrogen-bond acceptors (Lipinski definition) is 2. The van der Waals surface area contributed by atoms with Gasteiger partial charge in [-0.1, -0.05) is 12.1 Å². The molecule has 0 atom stereocenters. The normalized spacial score (nSPS) is 14.6. The Kier molecular flexibility index (Phi) is 3.10. The number of carbonyl (C=O) groups excluding carboxylic acids is 1. The van der Waals surface area contributed by atoms with E-state index >= 15 is 0 Å². The molecule has 0 aromatic heterocycles. The fourth-order valence-electron chi connectivity index (χ4n) is 1.56. The second-order valence-corrected chi connectivity index (χ2v) is 4.17. The summed E-state index contributed by atoms with van der Waals surface area (Å²) >= 11 is 0. The van der Waals surface area contributed by atoms with Crippen molar-refractivity contribution < 1.29 is 4.79 Å². The summed E-state index contributed by atoms with van der Waals surface area (Å²) in [6.45, 7) is 0.524. The number of nitrogens with two attached hydrogens (primary N) is 1. The van der Waals surface area contributed by atoms with Gasteiger partial charge in [-0.05, 0) is 30.5 Å². The number of anilines is 1. The van der Waals surface area contributed by atoms with Gasteiger partial charge in [0.2, 0.25) is 0 Å². The number of carbonyl (C=O) groups is 1. The lowest BCUT2D eigenvalue weighted by Crippen LogP contribution is -2.32. The minimum atomic E-state index is -0.0389. The Morgan fingerprint density at radius 1 is 1.44 bits per heavy atom. The molecule has 2 rings (SSSR count). The highest BCUT2D eigenvalue weighted by Crippen LogP contribution is 2.25. The zero-order chi connectivity index (χ0) is 11.5. The molecule has 0 spiro atoms. The second-order valence-electron chi connectivity index (χ2n) is 4.17. The summed E-state index contributed by atoms with van der Waals surface area (Å²) in [6, 6.07) is 7.99. The fourth-order valence-corrected chi connectivity index (χ4v) is 1.56. The largest absolute Gasteiger partial charge is 0.326 e. The highest BCUT2D eigenvalue weighted by molar-refractivity contribution is 5.89. The van der Waals surface area contributed by atoms with E-state index in [1.165, 1.54) is 0 Å². The molecule has 0 aliphatic heterocycles. The first kappa shape index (κ1) is 11.0. The summed E-state index contributed by atoms with van der Waals surface area (Å²) < 4.78 is 0. The summed E-state index contributed by atoms with van der Waals surface area (Å²) in [7, 11) is 1.83. The van der Waals surface area contributed by atoms with Crippen LogP contribution in [0.15, 0.2) is 24.3 Å². The molecule has 0 bridgehead atoms. The van der Waals surface area contributed by atoms with E-state index in [-0.39, 0.29) is 6.03 Å². The van der Waals surface area contributed by atoms with Gasteiger partial charge in [-0.15, -0.1) is 0 Å². The van der Waals surface area contributed by atoms with Gasteiger partial charge in [-0.25, -0.2) is 4.79 Å². The summed E-state index contributed by atoms with van der Waals surface area (Å²) in [5.41, 5.74) is 7.38. The Morgan fingerprint density at radius 2 is 2.06 bits per heavy atom. The highest BCUT2D eigenvalue weighted by atomic mass is 16.2. The fraction of sp³-hybridized carbons (Fsp3) is 0.417. The van der Waals surface area contributed by atoms with Gasteiger partial charge in [0.15, 0.2) is 0 Å². The number of amides is 2. The molecule has 0 heterocycles. The zero-order valence-electron chi connectivity index (χ0n) is 9.44. The van der Waals surface area contributed by atoms with Crippen molar-refractivity contribution >= 4 is 11.7 Å². The monoisotopic (exact) mass is 219 g/mol. The number of nitrogens with zero attached hydrogens (tertiary/aromatic N) is 1. The maximum atomic E-state index is 11.7. The third-order valence-corrected chi connectivity index (χ3v) is 2.86. The molecular formula is C12H17N3O. The van der Waals surface area contributed by atoms with Gasteiger partial charge in [-0.3, -0.25) is 0 Å². The van der Waals surface area contributed by atoms with E-state index in [0.29, 0.717) is 12.6 Å². The van der Waals surface area contributed by atoms with E-state index in [2.05, 4.69) is 5.32 Å². The number of urea groups is 1. The van der Waals surface area contributed by atoms with Gasteiger partial charge >= 0.3 is 6.03 Å². The van der Waals surface area contributed by atoms with Crippen molar-refractivity contribution in [3.63, 3.8) is 0 Å². The first-order chi connectivity index (χ1) is 7.70. The molecule has 1 aliphatic rings. The minimum absolute atomic E-state index is 0.0389. The molecule has 4 heteroatoms. The van der Waals surface area contributed by atoms with Crippen molar-refractivity contribution in [2.24, 2.45) is 5.73 Å². The molecule has 1 aliphatic carbocycles. The van der Waals surface area contributed by atoms with Crippen molar-refractivity contribution in [3.8, 4) is 0 Å². The molecule has 3 N–H and O–H groups in total. The van der Waals surface area contributed by atoms with Crippen molar-refractivity contribution in [2.75, 3.05) is 12.4 Å². The minimum Gasteiger partial charge on any atom is -0.326 e. The van der Waals surface area contributed by atoms with Crippen molar-refractivity contribution in [1.29, 1.82) is 0 Å². The van der Waals surface area contributed by atoms with E-state index in [1.54, 1.807) is 4.90 Å². The molecule has 1 fully saturated rings. The van der Waals surface area contributed by atoms with Crippen molar-refractivity contribution in [3.05, 3.63) is 29.8 Å². The van der Waals surface area contributed by atoms with Gasteiger partial charge in [-0.2, -0.15) is 0 Å². The van der Waals surface area contributed by atoms with Crippen LogP contribution in [0.3, 0.4) is 0 Å². The van der Waals surface area contributed by atoms with Gasteiger partial charge in [0.1, 0.15) is 0 Å². The SMILES string of the molecule is CN(C(=O)Nc1ccc(CN)cc1)C1CC1. The number of hydrogen-bond donors (Lipinski definition) is 2.